The van der Waals surface area contributed by atoms with E-state index in [2.05, 4.69) is 25.9 Å². The normalized spacial score (nSPS) is 10.4. The van der Waals surface area contributed by atoms with E-state index in [1.54, 1.807) is 7.11 Å². The standard InChI is InChI=1S/C9H14BrN3O3/c1-14-2-3-15-4-5-16-9-7(10)8(11)12-6-13-9/h6H,2-5H2,1H3,(H2,11,12,13). The molecule has 2 N–H and O–H groups in total. The molecule has 1 heterocycles. The molecule has 1 aromatic rings. The van der Waals surface area contributed by atoms with E-state index >= 15 is 0 Å². The van der Waals surface area contributed by atoms with Crippen molar-refractivity contribution < 1.29 is 14.2 Å². The third-order valence-electron chi connectivity index (χ3n) is 1.68. The van der Waals surface area contributed by atoms with E-state index in [4.69, 9.17) is 19.9 Å². The van der Waals surface area contributed by atoms with Crippen molar-refractivity contribution in [2.45, 2.75) is 0 Å². The topological polar surface area (TPSA) is 79.5 Å². The van der Waals surface area contributed by atoms with E-state index in [1.807, 2.05) is 0 Å². The van der Waals surface area contributed by atoms with Gasteiger partial charge in [-0.3, -0.25) is 0 Å². The summed E-state index contributed by atoms with van der Waals surface area (Å²) in [5.41, 5.74) is 5.56. The second-order valence-electron chi connectivity index (χ2n) is 2.83. The Morgan fingerprint density at radius 2 is 2.00 bits per heavy atom. The maximum Gasteiger partial charge on any atom is 0.233 e. The highest BCUT2D eigenvalue weighted by Crippen LogP contribution is 2.25. The molecule has 16 heavy (non-hydrogen) atoms. The molecule has 0 atom stereocenters. The van der Waals surface area contributed by atoms with Crippen LogP contribution in [0.5, 0.6) is 5.88 Å². The largest absolute Gasteiger partial charge is 0.474 e. The summed E-state index contributed by atoms with van der Waals surface area (Å²) in [6.07, 6.45) is 1.35. The Labute approximate surface area is 102 Å². The Morgan fingerprint density at radius 1 is 1.25 bits per heavy atom. The van der Waals surface area contributed by atoms with Gasteiger partial charge in [-0.15, -0.1) is 0 Å². The van der Waals surface area contributed by atoms with E-state index in [1.165, 1.54) is 6.33 Å². The van der Waals surface area contributed by atoms with E-state index in [-0.39, 0.29) is 0 Å². The number of hydrogen-bond donors (Lipinski definition) is 1. The second kappa shape index (κ2) is 7.37. The van der Waals surface area contributed by atoms with E-state index in [0.29, 0.717) is 42.6 Å². The molecule has 1 rings (SSSR count). The van der Waals surface area contributed by atoms with Crippen molar-refractivity contribution in [1.82, 2.24) is 9.97 Å². The Morgan fingerprint density at radius 3 is 2.75 bits per heavy atom. The molecule has 7 heteroatoms. The van der Waals surface area contributed by atoms with Gasteiger partial charge < -0.3 is 19.9 Å². The van der Waals surface area contributed by atoms with Gasteiger partial charge in [-0.05, 0) is 15.9 Å². The molecule has 0 saturated heterocycles. The Hall–Kier alpha value is -0.920. The summed E-state index contributed by atoms with van der Waals surface area (Å²) < 4.78 is 16.0. The molecular formula is C9H14BrN3O3. The summed E-state index contributed by atoms with van der Waals surface area (Å²) in [7, 11) is 1.63. The van der Waals surface area contributed by atoms with Crippen LogP contribution in [-0.4, -0.2) is 43.5 Å². The van der Waals surface area contributed by atoms with E-state index < -0.39 is 0 Å². The average molecular weight is 292 g/mol. The highest BCUT2D eigenvalue weighted by molar-refractivity contribution is 9.10. The zero-order chi connectivity index (χ0) is 11.8. The third-order valence-corrected chi connectivity index (χ3v) is 2.43. The number of anilines is 1. The number of nitrogen functional groups attached to an aromatic ring is 1. The van der Waals surface area contributed by atoms with Crippen molar-refractivity contribution in [3.63, 3.8) is 0 Å². The van der Waals surface area contributed by atoms with Gasteiger partial charge in [-0.2, -0.15) is 0 Å². The lowest BCUT2D eigenvalue weighted by molar-refractivity contribution is 0.0535. The summed E-state index contributed by atoms with van der Waals surface area (Å²) >= 11 is 3.24. The Kier molecular flexibility index (Phi) is 6.05. The van der Waals surface area contributed by atoms with Crippen molar-refractivity contribution >= 4 is 21.7 Å². The van der Waals surface area contributed by atoms with Gasteiger partial charge in [0.05, 0.1) is 19.8 Å². The van der Waals surface area contributed by atoms with Gasteiger partial charge in [-0.25, -0.2) is 9.97 Å². The number of aromatic nitrogens is 2. The zero-order valence-corrected chi connectivity index (χ0v) is 10.6. The van der Waals surface area contributed by atoms with Crippen LogP contribution in [0.4, 0.5) is 5.82 Å². The smallest absolute Gasteiger partial charge is 0.233 e. The molecule has 0 aliphatic heterocycles. The van der Waals surface area contributed by atoms with Crippen molar-refractivity contribution in [3.8, 4) is 5.88 Å². The molecule has 0 aliphatic rings. The van der Waals surface area contributed by atoms with Crippen molar-refractivity contribution in [2.75, 3.05) is 39.3 Å². The SMILES string of the molecule is COCCOCCOc1ncnc(N)c1Br. The number of nitrogens with zero attached hydrogens (tertiary/aromatic N) is 2. The molecule has 6 nitrogen and oxygen atoms in total. The quantitative estimate of drug-likeness (QED) is 0.751. The number of hydrogen-bond acceptors (Lipinski definition) is 6. The lowest BCUT2D eigenvalue weighted by Gasteiger charge is -2.07. The number of nitrogens with two attached hydrogens (primary N) is 1. The Balaban J connectivity index is 2.24. The first-order chi connectivity index (χ1) is 7.75. The molecule has 0 radical (unpaired) electrons. The first-order valence-corrected chi connectivity index (χ1v) is 5.50. The van der Waals surface area contributed by atoms with Crippen LogP contribution in [0.25, 0.3) is 0 Å². The molecule has 0 fully saturated rings. The zero-order valence-electron chi connectivity index (χ0n) is 8.98. The molecule has 90 valence electrons. The molecule has 0 aromatic carbocycles. The van der Waals surface area contributed by atoms with Gasteiger partial charge in [0.15, 0.2) is 0 Å². The molecule has 0 bridgehead atoms. The third kappa shape index (κ3) is 4.30. The van der Waals surface area contributed by atoms with Gasteiger partial charge in [0, 0.05) is 7.11 Å². The highest BCUT2D eigenvalue weighted by Gasteiger charge is 2.06. The van der Waals surface area contributed by atoms with Crippen LogP contribution < -0.4 is 10.5 Å². The minimum absolute atomic E-state index is 0.352. The van der Waals surface area contributed by atoms with Crippen molar-refractivity contribution in [1.29, 1.82) is 0 Å². The average Bonchev–Trinajstić information content (AvgIpc) is 2.29. The van der Waals surface area contributed by atoms with Crippen LogP contribution in [-0.2, 0) is 9.47 Å². The van der Waals surface area contributed by atoms with E-state index in [9.17, 15) is 0 Å². The van der Waals surface area contributed by atoms with Crippen molar-refractivity contribution in [2.24, 2.45) is 0 Å². The second-order valence-corrected chi connectivity index (χ2v) is 3.62. The summed E-state index contributed by atoms with van der Waals surface area (Å²) in [6, 6.07) is 0. The van der Waals surface area contributed by atoms with Gasteiger partial charge in [-0.1, -0.05) is 0 Å². The monoisotopic (exact) mass is 291 g/mol. The molecule has 0 unspecified atom stereocenters. The van der Waals surface area contributed by atoms with Gasteiger partial charge in [0.25, 0.3) is 0 Å². The summed E-state index contributed by atoms with van der Waals surface area (Å²) in [5, 5.41) is 0. The molecule has 0 spiro atoms. The van der Waals surface area contributed by atoms with Gasteiger partial charge in [0.1, 0.15) is 23.2 Å². The van der Waals surface area contributed by atoms with Crippen LogP contribution in [0, 0.1) is 0 Å². The van der Waals surface area contributed by atoms with Crippen LogP contribution in [0.3, 0.4) is 0 Å². The molecule has 1 aromatic heterocycles. The molecule has 0 aliphatic carbocycles. The van der Waals surface area contributed by atoms with Gasteiger partial charge in [0.2, 0.25) is 5.88 Å². The maximum absolute atomic E-state index is 5.56. The number of halogens is 1. The van der Waals surface area contributed by atoms with Crippen LogP contribution >= 0.6 is 15.9 Å². The fourth-order valence-corrected chi connectivity index (χ4v) is 1.23. The predicted molar refractivity (Wildman–Crippen MR) is 62.3 cm³/mol. The fraction of sp³-hybridized carbons (Fsp3) is 0.556. The minimum atomic E-state index is 0.352. The first-order valence-electron chi connectivity index (χ1n) is 4.71. The van der Waals surface area contributed by atoms with Crippen LogP contribution in [0.2, 0.25) is 0 Å². The lowest BCUT2D eigenvalue weighted by Crippen LogP contribution is -2.11. The van der Waals surface area contributed by atoms with Crippen LogP contribution in [0.15, 0.2) is 10.8 Å². The highest BCUT2D eigenvalue weighted by atomic mass is 79.9. The molecule has 0 amide bonds. The maximum atomic E-state index is 5.56. The molecule has 0 saturated carbocycles. The van der Waals surface area contributed by atoms with Crippen molar-refractivity contribution in [3.05, 3.63) is 10.8 Å². The minimum Gasteiger partial charge on any atom is -0.474 e. The number of ether oxygens (including phenoxy) is 3. The predicted octanol–water partition coefficient (Wildman–Crippen LogP) is 0.863. The van der Waals surface area contributed by atoms with Gasteiger partial charge >= 0.3 is 0 Å². The van der Waals surface area contributed by atoms with E-state index in [0.717, 1.165) is 0 Å². The number of rotatable bonds is 7. The van der Waals surface area contributed by atoms with Crippen LogP contribution in [0.1, 0.15) is 0 Å². The lowest BCUT2D eigenvalue weighted by atomic mass is 10.6. The number of methoxy groups -OCH3 is 1. The fourth-order valence-electron chi connectivity index (χ4n) is 0.909. The summed E-state index contributed by atoms with van der Waals surface area (Å²) in [6.45, 7) is 2.00. The Bertz CT molecular complexity index is 325. The first kappa shape index (κ1) is 13.1. The molecular weight excluding hydrogens is 278 g/mol. The summed E-state index contributed by atoms with van der Waals surface area (Å²) in [4.78, 5) is 7.73. The summed E-state index contributed by atoms with van der Waals surface area (Å²) in [5.74, 6) is 0.771.